The summed E-state index contributed by atoms with van der Waals surface area (Å²) in [4.78, 5) is 27.8. The number of aromatic nitrogens is 2. The molecule has 0 unspecified atom stereocenters. The molecule has 1 aromatic heterocycles. The minimum Gasteiger partial charge on any atom is -0.316 e. The Labute approximate surface area is 197 Å². The van der Waals surface area contributed by atoms with Gasteiger partial charge < -0.3 is 9.97 Å². The summed E-state index contributed by atoms with van der Waals surface area (Å²) >= 11 is 18.4. The van der Waals surface area contributed by atoms with E-state index in [1.165, 1.54) is 18.2 Å². The largest absolute Gasteiger partial charge is 0.316 e. The van der Waals surface area contributed by atoms with Crippen molar-refractivity contribution in [3.63, 3.8) is 0 Å². The average Bonchev–Trinajstić information content (AvgIpc) is 2.71. The smallest absolute Gasteiger partial charge is 0.314 e. The first-order chi connectivity index (χ1) is 15.0. The molecular weight excluding hydrogens is 497 g/mol. The van der Waals surface area contributed by atoms with Crippen molar-refractivity contribution in [2.24, 2.45) is 0 Å². The summed E-state index contributed by atoms with van der Waals surface area (Å²) in [6, 6.07) is 12.5. The number of nitrogens with one attached hydrogen (secondary N) is 3. The maximum absolute atomic E-state index is 13.0. The van der Waals surface area contributed by atoms with Gasteiger partial charge in [0.15, 0.2) is 0 Å². The molecule has 0 saturated heterocycles. The summed E-state index contributed by atoms with van der Waals surface area (Å²) in [5.74, 6) is 0. The van der Waals surface area contributed by atoms with Crippen molar-refractivity contribution in [3.8, 4) is 11.1 Å². The van der Waals surface area contributed by atoms with Crippen LogP contribution in [0.15, 0.2) is 63.0 Å². The Hall–Kier alpha value is -2.78. The molecule has 11 heteroatoms. The van der Waals surface area contributed by atoms with Gasteiger partial charge in [-0.25, -0.2) is 8.42 Å². The highest BCUT2D eigenvalue weighted by Crippen LogP contribution is 2.34. The molecule has 32 heavy (non-hydrogen) atoms. The van der Waals surface area contributed by atoms with E-state index in [0.717, 1.165) is 5.56 Å². The van der Waals surface area contributed by atoms with Crippen LogP contribution in [0.1, 0.15) is 5.56 Å². The van der Waals surface area contributed by atoms with E-state index < -0.39 is 21.1 Å². The number of anilines is 1. The van der Waals surface area contributed by atoms with E-state index in [1.807, 2.05) is 0 Å². The second kappa shape index (κ2) is 8.29. The average molecular weight is 511 g/mol. The quantitative estimate of drug-likeness (QED) is 0.337. The maximum atomic E-state index is 13.0. The minimum atomic E-state index is -4.03. The molecule has 0 saturated carbocycles. The summed E-state index contributed by atoms with van der Waals surface area (Å²) in [6.45, 7) is 1.58. The van der Waals surface area contributed by atoms with Gasteiger partial charge in [0.25, 0.3) is 10.0 Å². The van der Waals surface area contributed by atoms with Crippen molar-refractivity contribution in [2.75, 3.05) is 4.72 Å². The normalized spacial score (nSPS) is 11.6. The van der Waals surface area contributed by atoms with Gasteiger partial charge in [-0.2, -0.15) is 0 Å². The third-order valence-electron chi connectivity index (χ3n) is 4.76. The molecule has 0 amide bonds. The second-order valence-corrected chi connectivity index (χ2v) is 9.87. The first kappa shape index (κ1) is 22.4. The Morgan fingerprint density at radius 1 is 0.781 bits per heavy atom. The number of sulfonamides is 1. The minimum absolute atomic E-state index is 0.0580. The lowest BCUT2D eigenvalue weighted by Crippen LogP contribution is -2.29. The Balaban J connectivity index is 1.70. The first-order valence-electron chi connectivity index (χ1n) is 9.10. The molecule has 0 aliphatic carbocycles. The number of hydrogen-bond donors (Lipinski definition) is 3. The van der Waals surface area contributed by atoms with Gasteiger partial charge in [-0.05, 0) is 54.4 Å². The molecule has 0 spiro atoms. The van der Waals surface area contributed by atoms with Crippen molar-refractivity contribution in [2.45, 2.75) is 11.8 Å². The Morgan fingerprint density at radius 3 is 2.06 bits per heavy atom. The van der Waals surface area contributed by atoms with Gasteiger partial charge in [0.05, 0.1) is 36.7 Å². The third kappa shape index (κ3) is 4.27. The number of aromatic amines is 2. The molecule has 0 atom stereocenters. The number of hydrogen-bond acceptors (Lipinski definition) is 4. The van der Waals surface area contributed by atoms with E-state index in [9.17, 15) is 18.0 Å². The van der Waals surface area contributed by atoms with Gasteiger partial charge >= 0.3 is 11.1 Å². The SMILES string of the molecule is Cc1cc2[nH]c(=O)c(=O)[nH]c2cc1S(=O)(=O)Nc1ccc(-c2ccc(Cl)c(Cl)c2)c(Cl)c1. The molecule has 0 fully saturated rings. The number of halogens is 3. The lowest BCUT2D eigenvalue weighted by atomic mass is 10.1. The summed E-state index contributed by atoms with van der Waals surface area (Å²) in [5.41, 5.74) is 0.816. The predicted octanol–water partition coefficient (Wildman–Crippen LogP) is 4.95. The van der Waals surface area contributed by atoms with Crippen molar-refractivity contribution in [1.29, 1.82) is 0 Å². The summed E-state index contributed by atoms with van der Waals surface area (Å²) in [7, 11) is -4.03. The zero-order valence-electron chi connectivity index (χ0n) is 16.3. The third-order valence-corrected chi connectivity index (χ3v) is 7.33. The van der Waals surface area contributed by atoms with Crippen molar-refractivity contribution >= 4 is 61.5 Å². The van der Waals surface area contributed by atoms with Gasteiger partial charge in [-0.1, -0.05) is 46.9 Å². The van der Waals surface area contributed by atoms with Gasteiger partial charge in [-0.3, -0.25) is 14.3 Å². The fourth-order valence-corrected chi connectivity index (χ4v) is 5.12. The fourth-order valence-electron chi connectivity index (χ4n) is 3.23. The molecule has 0 radical (unpaired) electrons. The highest BCUT2D eigenvalue weighted by atomic mass is 35.5. The van der Waals surface area contributed by atoms with Gasteiger partial charge in [0.1, 0.15) is 0 Å². The first-order valence-corrected chi connectivity index (χ1v) is 11.7. The van der Waals surface area contributed by atoms with Crippen LogP contribution in [-0.2, 0) is 10.0 Å². The van der Waals surface area contributed by atoms with Crippen LogP contribution in [0.2, 0.25) is 15.1 Å². The molecule has 0 bridgehead atoms. The van der Waals surface area contributed by atoms with Crippen molar-refractivity contribution in [3.05, 3.63) is 89.9 Å². The molecule has 0 aliphatic rings. The van der Waals surface area contributed by atoms with E-state index >= 15 is 0 Å². The second-order valence-electron chi connectivity index (χ2n) is 7.00. The maximum Gasteiger partial charge on any atom is 0.314 e. The van der Waals surface area contributed by atoms with E-state index in [0.29, 0.717) is 31.7 Å². The van der Waals surface area contributed by atoms with Gasteiger partial charge in [-0.15, -0.1) is 0 Å². The van der Waals surface area contributed by atoms with Crippen molar-refractivity contribution < 1.29 is 8.42 Å². The van der Waals surface area contributed by atoms with E-state index in [4.69, 9.17) is 34.8 Å². The lowest BCUT2D eigenvalue weighted by Gasteiger charge is -2.13. The molecule has 1 heterocycles. The van der Waals surface area contributed by atoms with Crippen LogP contribution in [0.25, 0.3) is 22.2 Å². The molecule has 7 nitrogen and oxygen atoms in total. The van der Waals surface area contributed by atoms with Gasteiger partial charge in [0, 0.05) is 5.56 Å². The van der Waals surface area contributed by atoms with E-state index in [1.54, 1.807) is 37.3 Å². The van der Waals surface area contributed by atoms with Crippen LogP contribution in [0.3, 0.4) is 0 Å². The van der Waals surface area contributed by atoms with E-state index in [-0.39, 0.29) is 16.1 Å². The monoisotopic (exact) mass is 509 g/mol. The van der Waals surface area contributed by atoms with Crippen LogP contribution in [0, 0.1) is 6.92 Å². The molecule has 4 rings (SSSR count). The Bertz CT molecular complexity index is 1610. The molecular formula is C21H14Cl3N3O4S. The topological polar surface area (TPSA) is 112 Å². The summed E-state index contributed by atoms with van der Waals surface area (Å²) in [5, 5.41) is 1.09. The van der Waals surface area contributed by atoms with Crippen LogP contribution in [-0.4, -0.2) is 18.4 Å². The molecule has 4 aromatic rings. The van der Waals surface area contributed by atoms with Crippen LogP contribution < -0.4 is 15.8 Å². The Morgan fingerprint density at radius 2 is 1.44 bits per heavy atom. The molecule has 3 N–H and O–H groups in total. The Kier molecular flexibility index (Phi) is 5.81. The van der Waals surface area contributed by atoms with Crippen LogP contribution in [0.4, 0.5) is 5.69 Å². The highest BCUT2D eigenvalue weighted by Gasteiger charge is 2.19. The highest BCUT2D eigenvalue weighted by molar-refractivity contribution is 7.92. The number of fused-ring (bicyclic) bond motifs is 1. The summed E-state index contributed by atoms with van der Waals surface area (Å²) in [6.07, 6.45) is 0. The van der Waals surface area contributed by atoms with E-state index in [2.05, 4.69) is 14.7 Å². The number of aryl methyl sites for hydroxylation is 1. The molecule has 164 valence electrons. The number of rotatable bonds is 4. The number of benzene rings is 3. The van der Waals surface area contributed by atoms with Crippen LogP contribution >= 0.6 is 34.8 Å². The lowest BCUT2D eigenvalue weighted by molar-refractivity contribution is 0.600. The predicted molar refractivity (Wildman–Crippen MR) is 128 cm³/mol. The zero-order chi connectivity index (χ0) is 23.2. The standard InChI is InChI=1S/C21H14Cl3N3O4S/c1-10-6-17-18(26-21(29)20(28)25-17)9-19(10)32(30,31)27-12-3-4-13(15(23)8-12)11-2-5-14(22)16(24)7-11/h2-9,27H,1H3,(H,25,28)(H,26,29). The summed E-state index contributed by atoms with van der Waals surface area (Å²) < 4.78 is 28.5. The molecule has 0 aliphatic heterocycles. The zero-order valence-corrected chi connectivity index (χ0v) is 19.4. The molecule has 3 aromatic carbocycles. The van der Waals surface area contributed by atoms with Gasteiger partial charge in [0.2, 0.25) is 0 Å². The fraction of sp³-hybridized carbons (Fsp3) is 0.0476. The van der Waals surface area contributed by atoms with Crippen molar-refractivity contribution in [1.82, 2.24) is 9.97 Å². The number of H-pyrrole nitrogens is 2. The van der Waals surface area contributed by atoms with Crippen LogP contribution in [0.5, 0.6) is 0 Å².